The standard InChI is InChI=1S/C16H19N3/c1-12(2)19-6-5-14-7-13(3-4-15(14)10-19)16-8-17-11-18-9-16/h3-4,7-9,11-12H,5-6,10H2,1-2H3. The number of rotatable bonds is 2. The number of hydrogen-bond acceptors (Lipinski definition) is 3. The first-order chi connectivity index (χ1) is 9.24. The van der Waals surface area contributed by atoms with Crippen LogP contribution in [0.3, 0.4) is 0 Å². The van der Waals surface area contributed by atoms with Crippen LogP contribution in [-0.4, -0.2) is 27.5 Å². The fourth-order valence-corrected chi connectivity index (χ4v) is 2.64. The summed E-state index contributed by atoms with van der Waals surface area (Å²) in [6, 6.07) is 7.36. The van der Waals surface area contributed by atoms with Crippen LogP contribution in [0.2, 0.25) is 0 Å². The molecule has 0 atom stereocenters. The smallest absolute Gasteiger partial charge is 0.115 e. The molecule has 0 spiro atoms. The summed E-state index contributed by atoms with van der Waals surface area (Å²) in [5.74, 6) is 0. The zero-order valence-electron chi connectivity index (χ0n) is 11.5. The van der Waals surface area contributed by atoms with E-state index in [1.807, 2.05) is 12.4 Å². The highest BCUT2D eigenvalue weighted by atomic mass is 15.1. The van der Waals surface area contributed by atoms with E-state index >= 15 is 0 Å². The Kier molecular flexibility index (Phi) is 3.30. The van der Waals surface area contributed by atoms with Crippen LogP contribution in [0, 0.1) is 0 Å². The molecule has 1 aromatic carbocycles. The lowest BCUT2D eigenvalue weighted by Gasteiger charge is -2.32. The molecule has 0 N–H and O–H groups in total. The van der Waals surface area contributed by atoms with Gasteiger partial charge in [-0.15, -0.1) is 0 Å². The van der Waals surface area contributed by atoms with Gasteiger partial charge in [0.1, 0.15) is 6.33 Å². The van der Waals surface area contributed by atoms with Crippen LogP contribution in [0.1, 0.15) is 25.0 Å². The number of benzene rings is 1. The molecule has 3 rings (SSSR count). The Morgan fingerprint density at radius 3 is 2.58 bits per heavy atom. The first kappa shape index (κ1) is 12.3. The summed E-state index contributed by atoms with van der Waals surface area (Å²) in [5.41, 5.74) is 5.24. The predicted octanol–water partition coefficient (Wildman–Crippen LogP) is 2.91. The molecular formula is C16H19N3. The summed E-state index contributed by atoms with van der Waals surface area (Å²) in [5, 5.41) is 0. The van der Waals surface area contributed by atoms with Crippen LogP contribution in [0.15, 0.2) is 36.9 Å². The van der Waals surface area contributed by atoms with Crippen molar-refractivity contribution in [3.05, 3.63) is 48.0 Å². The third kappa shape index (κ3) is 2.51. The molecule has 0 saturated carbocycles. The molecule has 0 radical (unpaired) electrons. The van der Waals surface area contributed by atoms with E-state index in [4.69, 9.17) is 0 Å². The normalized spacial score (nSPS) is 15.5. The van der Waals surface area contributed by atoms with Gasteiger partial charge < -0.3 is 0 Å². The molecule has 98 valence electrons. The fourth-order valence-electron chi connectivity index (χ4n) is 2.64. The third-order valence-electron chi connectivity index (χ3n) is 3.87. The Hall–Kier alpha value is -1.74. The minimum atomic E-state index is 0.621. The van der Waals surface area contributed by atoms with Gasteiger partial charge in [-0.05, 0) is 37.0 Å². The average Bonchev–Trinajstić information content (AvgIpc) is 2.47. The first-order valence-electron chi connectivity index (χ1n) is 6.85. The monoisotopic (exact) mass is 253 g/mol. The average molecular weight is 253 g/mol. The van der Waals surface area contributed by atoms with Crippen molar-refractivity contribution in [3.63, 3.8) is 0 Å². The van der Waals surface area contributed by atoms with E-state index in [1.54, 1.807) is 6.33 Å². The first-order valence-corrected chi connectivity index (χ1v) is 6.85. The van der Waals surface area contributed by atoms with Gasteiger partial charge in [-0.3, -0.25) is 4.90 Å². The van der Waals surface area contributed by atoms with Crippen LogP contribution >= 0.6 is 0 Å². The maximum Gasteiger partial charge on any atom is 0.115 e. The molecule has 0 amide bonds. The Morgan fingerprint density at radius 1 is 1.05 bits per heavy atom. The summed E-state index contributed by atoms with van der Waals surface area (Å²) in [6.45, 7) is 6.75. The number of fused-ring (bicyclic) bond motifs is 1. The zero-order chi connectivity index (χ0) is 13.2. The van der Waals surface area contributed by atoms with E-state index in [2.05, 4.69) is 46.9 Å². The lowest BCUT2D eigenvalue weighted by atomic mass is 9.95. The van der Waals surface area contributed by atoms with Crippen molar-refractivity contribution in [2.45, 2.75) is 32.9 Å². The molecule has 19 heavy (non-hydrogen) atoms. The van der Waals surface area contributed by atoms with Crippen LogP contribution in [-0.2, 0) is 13.0 Å². The Labute approximate surface area is 114 Å². The number of nitrogens with zero attached hydrogens (tertiary/aromatic N) is 3. The number of hydrogen-bond donors (Lipinski definition) is 0. The Morgan fingerprint density at radius 2 is 1.84 bits per heavy atom. The quantitative estimate of drug-likeness (QED) is 0.824. The van der Waals surface area contributed by atoms with Gasteiger partial charge in [-0.25, -0.2) is 9.97 Å². The molecule has 3 heteroatoms. The van der Waals surface area contributed by atoms with Crippen LogP contribution in [0.25, 0.3) is 11.1 Å². The Bertz CT molecular complexity index is 563. The molecule has 1 aliphatic rings. The molecule has 2 aromatic rings. The molecule has 0 saturated heterocycles. The molecule has 0 unspecified atom stereocenters. The zero-order valence-corrected chi connectivity index (χ0v) is 11.5. The minimum absolute atomic E-state index is 0.621. The maximum absolute atomic E-state index is 4.09. The molecule has 0 bridgehead atoms. The van der Waals surface area contributed by atoms with Crippen molar-refractivity contribution >= 4 is 0 Å². The van der Waals surface area contributed by atoms with Crippen molar-refractivity contribution in [2.75, 3.05) is 6.54 Å². The van der Waals surface area contributed by atoms with Gasteiger partial charge in [-0.1, -0.05) is 18.2 Å². The van der Waals surface area contributed by atoms with Gasteiger partial charge in [-0.2, -0.15) is 0 Å². The third-order valence-corrected chi connectivity index (χ3v) is 3.87. The van der Waals surface area contributed by atoms with E-state index in [0.717, 1.165) is 25.1 Å². The van der Waals surface area contributed by atoms with Crippen molar-refractivity contribution in [3.8, 4) is 11.1 Å². The Balaban J connectivity index is 1.90. The van der Waals surface area contributed by atoms with Crippen molar-refractivity contribution in [2.24, 2.45) is 0 Å². The van der Waals surface area contributed by atoms with Crippen molar-refractivity contribution in [1.29, 1.82) is 0 Å². The lowest BCUT2D eigenvalue weighted by molar-refractivity contribution is 0.203. The van der Waals surface area contributed by atoms with Crippen molar-refractivity contribution < 1.29 is 0 Å². The second-order valence-corrected chi connectivity index (χ2v) is 5.42. The van der Waals surface area contributed by atoms with Gasteiger partial charge >= 0.3 is 0 Å². The molecule has 0 fully saturated rings. The van der Waals surface area contributed by atoms with E-state index in [-0.39, 0.29) is 0 Å². The molecule has 2 heterocycles. The van der Waals surface area contributed by atoms with Crippen LogP contribution < -0.4 is 0 Å². The van der Waals surface area contributed by atoms with Crippen LogP contribution in [0.5, 0.6) is 0 Å². The van der Waals surface area contributed by atoms with E-state index < -0.39 is 0 Å². The molecule has 1 aliphatic heterocycles. The predicted molar refractivity (Wildman–Crippen MR) is 76.7 cm³/mol. The summed E-state index contributed by atoms with van der Waals surface area (Å²) in [6.07, 6.45) is 6.45. The fraction of sp³-hybridized carbons (Fsp3) is 0.375. The molecule has 3 nitrogen and oxygen atoms in total. The van der Waals surface area contributed by atoms with Gasteiger partial charge in [0.2, 0.25) is 0 Å². The SMILES string of the molecule is CC(C)N1CCc2cc(-c3cncnc3)ccc2C1. The minimum Gasteiger partial charge on any atom is -0.296 e. The van der Waals surface area contributed by atoms with E-state index in [9.17, 15) is 0 Å². The maximum atomic E-state index is 4.09. The van der Waals surface area contributed by atoms with Gasteiger partial charge in [0.05, 0.1) is 0 Å². The van der Waals surface area contributed by atoms with Gasteiger partial charge in [0.15, 0.2) is 0 Å². The molecular weight excluding hydrogens is 234 g/mol. The highest BCUT2D eigenvalue weighted by Crippen LogP contribution is 2.26. The van der Waals surface area contributed by atoms with E-state index in [0.29, 0.717) is 6.04 Å². The number of aromatic nitrogens is 2. The second kappa shape index (κ2) is 5.10. The molecule has 1 aromatic heterocycles. The van der Waals surface area contributed by atoms with Crippen LogP contribution in [0.4, 0.5) is 0 Å². The highest BCUT2D eigenvalue weighted by Gasteiger charge is 2.18. The van der Waals surface area contributed by atoms with E-state index in [1.165, 1.54) is 16.7 Å². The lowest BCUT2D eigenvalue weighted by Crippen LogP contribution is -2.35. The summed E-state index contributed by atoms with van der Waals surface area (Å²) < 4.78 is 0. The topological polar surface area (TPSA) is 29.0 Å². The van der Waals surface area contributed by atoms with Crippen molar-refractivity contribution in [1.82, 2.24) is 14.9 Å². The summed E-state index contributed by atoms with van der Waals surface area (Å²) >= 11 is 0. The summed E-state index contributed by atoms with van der Waals surface area (Å²) in [7, 11) is 0. The second-order valence-electron chi connectivity index (χ2n) is 5.42. The summed E-state index contributed by atoms with van der Waals surface area (Å²) in [4.78, 5) is 10.7. The largest absolute Gasteiger partial charge is 0.296 e. The highest BCUT2D eigenvalue weighted by molar-refractivity contribution is 5.63. The molecule has 0 aliphatic carbocycles. The van der Waals surface area contributed by atoms with Gasteiger partial charge in [0.25, 0.3) is 0 Å². The van der Waals surface area contributed by atoms with Gasteiger partial charge in [0, 0.05) is 37.1 Å².